The minimum absolute atomic E-state index is 0.449. The zero-order valence-electron chi connectivity index (χ0n) is 12.5. The summed E-state index contributed by atoms with van der Waals surface area (Å²) in [4.78, 5) is 4.20. The van der Waals surface area contributed by atoms with Crippen molar-refractivity contribution in [2.75, 3.05) is 12.8 Å². The van der Waals surface area contributed by atoms with Crippen LogP contribution in [0.5, 0.6) is 0 Å². The molecule has 0 aliphatic heterocycles. The first-order chi connectivity index (χ1) is 10.3. The number of nitrogens with one attached hydrogen (secondary N) is 1. The summed E-state index contributed by atoms with van der Waals surface area (Å²) in [5.41, 5.74) is 10.2. The molecule has 3 N–H and O–H groups in total. The first kappa shape index (κ1) is 14.1. The standard InChI is InChI=1S/C18H23N3/c1-20-17(12-16-7-4-10-21-18(16)19)15-9-8-13-5-2-3-6-14(13)11-15/h2-7,10,15,17,20H,8-9,11-12H2,1H3,(H2,19,21). The van der Waals surface area contributed by atoms with E-state index in [-0.39, 0.29) is 0 Å². The van der Waals surface area contributed by atoms with E-state index in [0.717, 1.165) is 18.4 Å². The molecular weight excluding hydrogens is 258 g/mol. The highest BCUT2D eigenvalue weighted by Crippen LogP contribution is 2.29. The summed E-state index contributed by atoms with van der Waals surface area (Å²) in [5, 5.41) is 3.49. The van der Waals surface area contributed by atoms with E-state index in [0.29, 0.717) is 17.8 Å². The molecule has 1 aliphatic carbocycles. The maximum atomic E-state index is 5.99. The number of hydrogen-bond donors (Lipinski definition) is 2. The zero-order valence-corrected chi connectivity index (χ0v) is 12.5. The van der Waals surface area contributed by atoms with Crippen LogP contribution in [0.15, 0.2) is 42.6 Å². The van der Waals surface area contributed by atoms with Crippen LogP contribution in [0.3, 0.4) is 0 Å². The van der Waals surface area contributed by atoms with Crippen molar-refractivity contribution in [2.45, 2.75) is 31.7 Å². The van der Waals surface area contributed by atoms with Crippen molar-refractivity contribution < 1.29 is 0 Å². The summed E-state index contributed by atoms with van der Waals surface area (Å²) in [6.45, 7) is 0. The normalized spacial score (nSPS) is 19.0. The summed E-state index contributed by atoms with van der Waals surface area (Å²) in [5.74, 6) is 1.32. The van der Waals surface area contributed by atoms with Gasteiger partial charge < -0.3 is 11.1 Å². The van der Waals surface area contributed by atoms with E-state index in [1.54, 1.807) is 6.20 Å². The Balaban J connectivity index is 1.74. The molecule has 3 nitrogen and oxygen atoms in total. The molecule has 110 valence electrons. The molecule has 0 amide bonds. The van der Waals surface area contributed by atoms with Gasteiger partial charge in [0.2, 0.25) is 0 Å². The molecule has 0 saturated carbocycles. The third kappa shape index (κ3) is 3.08. The molecule has 0 saturated heterocycles. The summed E-state index contributed by atoms with van der Waals surface area (Å²) in [6, 6.07) is 13.3. The van der Waals surface area contributed by atoms with Gasteiger partial charge in [0, 0.05) is 12.2 Å². The quantitative estimate of drug-likeness (QED) is 0.905. The lowest BCUT2D eigenvalue weighted by atomic mass is 9.78. The Bertz CT molecular complexity index is 609. The second-order valence-electron chi connectivity index (χ2n) is 5.92. The van der Waals surface area contributed by atoms with Crippen molar-refractivity contribution in [3.05, 3.63) is 59.3 Å². The van der Waals surface area contributed by atoms with Gasteiger partial charge in [-0.2, -0.15) is 0 Å². The lowest BCUT2D eigenvalue weighted by molar-refractivity contribution is 0.333. The molecule has 1 aromatic heterocycles. The fraction of sp³-hybridized carbons (Fsp3) is 0.389. The Morgan fingerprint density at radius 3 is 2.81 bits per heavy atom. The molecule has 2 atom stereocenters. The number of nitrogen functional groups attached to an aromatic ring is 1. The summed E-state index contributed by atoms with van der Waals surface area (Å²) >= 11 is 0. The van der Waals surface area contributed by atoms with E-state index in [1.165, 1.54) is 24.0 Å². The number of nitrogens with zero attached hydrogens (tertiary/aromatic N) is 1. The predicted octanol–water partition coefficient (Wildman–Crippen LogP) is 2.60. The van der Waals surface area contributed by atoms with Crippen molar-refractivity contribution >= 4 is 5.82 Å². The monoisotopic (exact) mass is 281 g/mol. The van der Waals surface area contributed by atoms with E-state index in [9.17, 15) is 0 Å². The van der Waals surface area contributed by atoms with Crippen LogP contribution in [-0.4, -0.2) is 18.1 Å². The van der Waals surface area contributed by atoms with E-state index < -0.39 is 0 Å². The number of aryl methyl sites for hydroxylation is 1. The van der Waals surface area contributed by atoms with Crippen LogP contribution in [-0.2, 0) is 19.3 Å². The third-order valence-electron chi connectivity index (χ3n) is 4.69. The lowest BCUT2D eigenvalue weighted by Gasteiger charge is -2.31. The fourth-order valence-electron chi connectivity index (χ4n) is 3.43. The van der Waals surface area contributed by atoms with E-state index in [1.807, 2.05) is 6.07 Å². The minimum Gasteiger partial charge on any atom is -0.383 e. The van der Waals surface area contributed by atoms with Crippen LogP contribution in [0.4, 0.5) is 5.82 Å². The number of fused-ring (bicyclic) bond motifs is 1. The van der Waals surface area contributed by atoms with E-state index >= 15 is 0 Å². The summed E-state index contributed by atoms with van der Waals surface area (Å²) < 4.78 is 0. The Labute approximate surface area is 126 Å². The molecule has 2 unspecified atom stereocenters. The molecule has 21 heavy (non-hydrogen) atoms. The molecular formula is C18H23N3. The molecule has 0 bridgehead atoms. The third-order valence-corrected chi connectivity index (χ3v) is 4.69. The summed E-state index contributed by atoms with van der Waals surface area (Å²) in [6.07, 6.45) is 6.28. The number of aromatic nitrogens is 1. The van der Waals surface area contributed by atoms with E-state index in [2.05, 4.69) is 47.7 Å². The van der Waals surface area contributed by atoms with Gasteiger partial charge in [-0.3, -0.25) is 0 Å². The molecule has 3 rings (SSSR count). The first-order valence-corrected chi connectivity index (χ1v) is 7.71. The Morgan fingerprint density at radius 1 is 1.24 bits per heavy atom. The molecule has 0 fully saturated rings. The fourth-order valence-corrected chi connectivity index (χ4v) is 3.43. The van der Waals surface area contributed by atoms with Gasteiger partial charge in [0.25, 0.3) is 0 Å². The SMILES string of the molecule is CNC(Cc1cccnc1N)C1CCc2ccccc2C1. The number of likely N-dealkylation sites (N-methyl/N-ethyl adjacent to an activating group) is 1. The van der Waals surface area contributed by atoms with Crippen molar-refractivity contribution in [1.82, 2.24) is 10.3 Å². The predicted molar refractivity (Wildman–Crippen MR) is 87.2 cm³/mol. The van der Waals surface area contributed by atoms with Gasteiger partial charge >= 0.3 is 0 Å². The van der Waals surface area contributed by atoms with Crippen molar-refractivity contribution in [3.8, 4) is 0 Å². The number of anilines is 1. The van der Waals surface area contributed by atoms with Crippen LogP contribution in [0, 0.1) is 5.92 Å². The van der Waals surface area contributed by atoms with Crippen LogP contribution in [0.1, 0.15) is 23.1 Å². The van der Waals surface area contributed by atoms with Gasteiger partial charge in [-0.1, -0.05) is 30.3 Å². The van der Waals surface area contributed by atoms with E-state index in [4.69, 9.17) is 5.73 Å². The molecule has 3 heteroatoms. The Kier molecular flexibility index (Phi) is 4.20. The van der Waals surface area contributed by atoms with Gasteiger partial charge in [-0.15, -0.1) is 0 Å². The highest BCUT2D eigenvalue weighted by molar-refractivity contribution is 5.39. The Morgan fingerprint density at radius 2 is 2.05 bits per heavy atom. The van der Waals surface area contributed by atoms with Crippen molar-refractivity contribution in [2.24, 2.45) is 5.92 Å². The largest absolute Gasteiger partial charge is 0.383 e. The highest BCUT2D eigenvalue weighted by atomic mass is 14.9. The maximum absolute atomic E-state index is 5.99. The van der Waals surface area contributed by atoms with Gasteiger partial charge in [-0.25, -0.2) is 4.98 Å². The molecule has 0 spiro atoms. The van der Waals surface area contributed by atoms with Gasteiger partial charge in [0.15, 0.2) is 0 Å². The van der Waals surface area contributed by atoms with Crippen LogP contribution in [0.25, 0.3) is 0 Å². The van der Waals surface area contributed by atoms with Crippen molar-refractivity contribution in [3.63, 3.8) is 0 Å². The zero-order chi connectivity index (χ0) is 14.7. The minimum atomic E-state index is 0.449. The maximum Gasteiger partial charge on any atom is 0.126 e. The smallest absolute Gasteiger partial charge is 0.126 e. The molecule has 1 aliphatic rings. The first-order valence-electron chi connectivity index (χ1n) is 7.71. The lowest BCUT2D eigenvalue weighted by Crippen LogP contribution is -2.38. The second-order valence-corrected chi connectivity index (χ2v) is 5.92. The van der Waals surface area contributed by atoms with Crippen LogP contribution >= 0.6 is 0 Å². The second kappa shape index (κ2) is 6.27. The highest BCUT2D eigenvalue weighted by Gasteiger charge is 2.25. The molecule has 0 radical (unpaired) electrons. The molecule has 2 aromatic rings. The summed E-state index contributed by atoms with van der Waals surface area (Å²) in [7, 11) is 2.05. The topological polar surface area (TPSA) is 50.9 Å². The van der Waals surface area contributed by atoms with Gasteiger partial charge in [0.05, 0.1) is 0 Å². The number of nitrogens with two attached hydrogens (primary N) is 1. The van der Waals surface area contributed by atoms with Gasteiger partial charge in [0.1, 0.15) is 5.82 Å². The molecule has 1 heterocycles. The number of benzene rings is 1. The average Bonchev–Trinajstić information content (AvgIpc) is 2.54. The number of hydrogen-bond acceptors (Lipinski definition) is 3. The number of rotatable bonds is 4. The van der Waals surface area contributed by atoms with Crippen LogP contribution in [0.2, 0.25) is 0 Å². The Hall–Kier alpha value is -1.87. The number of pyridine rings is 1. The average molecular weight is 281 g/mol. The van der Waals surface area contributed by atoms with Crippen LogP contribution < -0.4 is 11.1 Å². The van der Waals surface area contributed by atoms with Crippen molar-refractivity contribution in [1.29, 1.82) is 0 Å². The van der Waals surface area contributed by atoms with Gasteiger partial charge in [-0.05, 0) is 61.4 Å². The molecule has 1 aromatic carbocycles.